The highest BCUT2D eigenvalue weighted by molar-refractivity contribution is 6.32. The molecule has 2 aliphatic heterocycles. The van der Waals surface area contributed by atoms with E-state index >= 15 is 0 Å². The molecule has 0 spiro atoms. The number of halogens is 1. The number of nitrogens with zero attached hydrogens (tertiary/aromatic N) is 2. The number of carbonyl (C=O) groups excluding carboxylic acids is 1. The Hall–Kier alpha value is -3.38. The first-order valence-corrected chi connectivity index (χ1v) is 8.49. The maximum atomic E-state index is 13.2. The average Bonchev–Trinajstić information content (AvgIpc) is 2.78. The minimum Gasteiger partial charge on any atom is -0.424 e. The van der Waals surface area contributed by atoms with Crippen LogP contribution in [0, 0.1) is 0 Å². The van der Waals surface area contributed by atoms with E-state index in [1.165, 1.54) is 17.7 Å². The third-order valence-electron chi connectivity index (χ3n) is 4.21. The topological polar surface area (TPSA) is 70.3 Å². The van der Waals surface area contributed by atoms with Crippen LogP contribution >= 0.6 is 11.6 Å². The molecular weight excluding hydrogens is 368 g/mol. The number of aromatic nitrogens is 2. The number of para-hydroxylation sites is 1. The van der Waals surface area contributed by atoms with Crippen LogP contribution in [0.25, 0.3) is 22.1 Å². The first-order valence-electron chi connectivity index (χ1n) is 8.11. The Bertz CT molecular complexity index is 1290. The summed E-state index contributed by atoms with van der Waals surface area (Å²) in [6.45, 7) is 1.24. The molecule has 0 N–H and O–H groups in total. The predicted octanol–water partition coefficient (Wildman–Crippen LogP) is 3.16. The van der Waals surface area contributed by atoms with Gasteiger partial charge in [0.15, 0.2) is 11.4 Å². The van der Waals surface area contributed by atoms with Crippen molar-refractivity contribution in [3.8, 4) is 17.1 Å². The minimum absolute atomic E-state index is 0.0312. The number of imidazole rings is 1. The third kappa shape index (κ3) is 2.71. The summed E-state index contributed by atoms with van der Waals surface area (Å²) >= 11 is 6.18. The van der Waals surface area contributed by atoms with Gasteiger partial charge in [-0.2, -0.15) is 0 Å². The van der Waals surface area contributed by atoms with E-state index in [0.717, 1.165) is 9.95 Å². The van der Waals surface area contributed by atoms with Gasteiger partial charge in [0.05, 0.1) is 10.7 Å². The first kappa shape index (κ1) is 17.1. The van der Waals surface area contributed by atoms with Gasteiger partial charge in [0.2, 0.25) is 0 Å². The zero-order valence-corrected chi connectivity index (χ0v) is 14.9. The van der Waals surface area contributed by atoms with Crippen LogP contribution in [-0.4, -0.2) is 15.1 Å². The fourth-order valence-electron chi connectivity index (χ4n) is 3.07. The molecule has 0 fully saturated rings. The Morgan fingerprint density at radius 2 is 1.70 bits per heavy atom. The van der Waals surface area contributed by atoms with Crippen molar-refractivity contribution in [2.24, 2.45) is 0 Å². The molecule has 2 aromatic rings. The van der Waals surface area contributed by atoms with Crippen molar-refractivity contribution in [1.29, 1.82) is 0 Å². The van der Waals surface area contributed by atoms with Crippen molar-refractivity contribution >= 4 is 28.3 Å². The van der Waals surface area contributed by atoms with Gasteiger partial charge in [0.25, 0.3) is 5.56 Å². The predicted molar refractivity (Wildman–Crippen MR) is 103 cm³/mol. The molecule has 6 nitrogen and oxygen atoms in total. The molecule has 0 atom stereocenters. The lowest BCUT2D eigenvalue weighted by Gasteiger charge is -2.05. The summed E-state index contributed by atoms with van der Waals surface area (Å²) in [7, 11) is 0. The summed E-state index contributed by atoms with van der Waals surface area (Å²) in [5, 5.41) is 1.53. The molecule has 0 saturated carbocycles. The van der Waals surface area contributed by atoms with Gasteiger partial charge in [0, 0.05) is 18.5 Å². The minimum atomic E-state index is -0.620. The second-order valence-electron chi connectivity index (χ2n) is 5.92. The Morgan fingerprint density at radius 1 is 1.00 bits per heavy atom. The highest BCUT2D eigenvalue weighted by Crippen LogP contribution is 2.30. The summed E-state index contributed by atoms with van der Waals surface area (Å²) in [6, 6.07) is 15.3. The first-order chi connectivity index (χ1) is 13.0. The van der Waals surface area contributed by atoms with Crippen molar-refractivity contribution in [2.75, 3.05) is 0 Å². The Balaban J connectivity index is 2.20. The number of esters is 1. The lowest BCUT2D eigenvalue weighted by atomic mass is 10.1. The molecule has 0 amide bonds. The van der Waals surface area contributed by atoms with E-state index in [0.29, 0.717) is 5.39 Å². The Morgan fingerprint density at radius 3 is 2.44 bits per heavy atom. The van der Waals surface area contributed by atoms with Crippen LogP contribution in [0.2, 0.25) is 5.02 Å². The van der Waals surface area contributed by atoms with E-state index < -0.39 is 17.2 Å². The molecule has 0 aliphatic carbocycles. The van der Waals surface area contributed by atoms with Gasteiger partial charge < -0.3 is 4.74 Å². The van der Waals surface area contributed by atoms with Crippen LogP contribution in [0.4, 0.5) is 0 Å². The summed E-state index contributed by atoms with van der Waals surface area (Å²) in [5.41, 5.74) is -0.988. The SMILES string of the molecule is CC(=O)Oc1c2c(=O)n(-c3ccccc3Cl)c(=O)n-2ccc2ccccc12. The van der Waals surface area contributed by atoms with Crippen LogP contribution in [0.15, 0.2) is 70.4 Å². The number of benzene rings is 2. The van der Waals surface area contributed by atoms with Gasteiger partial charge in [-0.05, 0) is 23.6 Å². The van der Waals surface area contributed by atoms with Gasteiger partial charge in [-0.3, -0.25) is 14.2 Å². The second kappa shape index (κ2) is 6.41. The number of hydrogen-bond acceptors (Lipinski definition) is 4. The smallest absolute Gasteiger partial charge is 0.340 e. The fraction of sp³-hybridized carbons (Fsp3) is 0.0500. The standard InChI is InChI=1S/C20H13ClN2O4/c1-12(24)27-18-14-7-3-2-6-13(14)10-11-22-17(18)19(25)23(20(22)26)16-9-5-4-8-15(16)21/h2-11H,1H3. The lowest BCUT2D eigenvalue weighted by molar-refractivity contribution is -0.131. The molecule has 0 radical (unpaired) electrons. The molecule has 2 heterocycles. The fourth-order valence-corrected chi connectivity index (χ4v) is 3.29. The zero-order chi connectivity index (χ0) is 19.1. The maximum Gasteiger partial charge on any atom is 0.340 e. The molecule has 0 aromatic heterocycles. The molecule has 134 valence electrons. The number of fused-ring (bicyclic) bond motifs is 2. The summed E-state index contributed by atoms with van der Waals surface area (Å²) < 4.78 is 7.51. The summed E-state index contributed by atoms with van der Waals surface area (Å²) in [4.78, 5) is 37.9. The summed E-state index contributed by atoms with van der Waals surface area (Å²) in [5.74, 6) is -0.554. The largest absolute Gasteiger partial charge is 0.424 e. The van der Waals surface area contributed by atoms with Gasteiger partial charge in [-0.1, -0.05) is 48.0 Å². The number of ether oxygens (including phenoxy) is 1. The van der Waals surface area contributed by atoms with Crippen molar-refractivity contribution in [3.63, 3.8) is 0 Å². The molecule has 0 bridgehead atoms. The summed E-state index contributed by atoms with van der Waals surface area (Å²) in [6.07, 6.45) is 1.49. The molecule has 0 unspecified atom stereocenters. The van der Waals surface area contributed by atoms with Gasteiger partial charge in [-0.25, -0.2) is 9.36 Å². The van der Waals surface area contributed by atoms with E-state index in [1.54, 1.807) is 48.5 Å². The second-order valence-corrected chi connectivity index (χ2v) is 6.33. The Labute approximate surface area is 158 Å². The van der Waals surface area contributed by atoms with Crippen LogP contribution in [0.3, 0.4) is 0 Å². The zero-order valence-electron chi connectivity index (χ0n) is 14.2. The normalized spacial score (nSPS) is 11.0. The van der Waals surface area contributed by atoms with E-state index in [4.69, 9.17) is 16.3 Å². The molecule has 2 aromatic carbocycles. The molecule has 0 saturated heterocycles. The quantitative estimate of drug-likeness (QED) is 0.501. The van der Waals surface area contributed by atoms with E-state index in [2.05, 4.69) is 0 Å². The van der Waals surface area contributed by atoms with Crippen LogP contribution in [0.1, 0.15) is 6.92 Å². The number of carbonyl (C=O) groups is 1. The Kier molecular flexibility index (Phi) is 4.05. The van der Waals surface area contributed by atoms with Gasteiger partial charge >= 0.3 is 11.7 Å². The maximum absolute atomic E-state index is 13.2. The highest BCUT2D eigenvalue weighted by Gasteiger charge is 2.25. The van der Waals surface area contributed by atoms with E-state index in [9.17, 15) is 14.4 Å². The van der Waals surface area contributed by atoms with Crippen molar-refractivity contribution in [3.05, 3.63) is 86.7 Å². The average molecular weight is 381 g/mol. The lowest BCUT2D eigenvalue weighted by Crippen LogP contribution is -2.25. The third-order valence-corrected chi connectivity index (χ3v) is 4.53. The molecule has 2 aliphatic rings. The number of rotatable bonds is 2. The molecule has 27 heavy (non-hydrogen) atoms. The van der Waals surface area contributed by atoms with E-state index in [1.807, 2.05) is 6.07 Å². The van der Waals surface area contributed by atoms with Crippen molar-refractivity contribution < 1.29 is 9.53 Å². The monoisotopic (exact) mass is 380 g/mol. The van der Waals surface area contributed by atoms with Crippen molar-refractivity contribution in [1.82, 2.24) is 9.13 Å². The molecule has 4 rings (SSSR count). The highest BCUT2D eigenvalue weighted by atomic mass is 35.5. The molecular formula is C20H13ClN2O4. The van der Waals surface area contributed by atoms with Gasteiger partial charge in [-0.15, -0.1) is 0 Å². The number of hydrogen-bond donors (Lipinski definition) is 0. The van der Waals surface area contributed by atoms with E-state index in [-0.39, 0.29) is 22.1 Å². The van der Waals surface area contributed by atoms with Crippen LogP contribution in [-0.2, 0) is 4.79 Å². The van der Waals surface area contributed by atoms with Gasteiger partial charge in [0.1, 0.15) is 0 Å². The van der Waals surface area contributed by atoms with Crippen molar-refractivity contribution in [2.45, 2.75) is 6.92 Å². The van der Waals surface area contributed by atoms with Crippen LogP contribution < -0.4 is 16.0 Å². The van der Waals surface area contributed by atoms with Crippen LogP contribution in [0.5, 0.6) is 5.75 Å². The molecule has 7 heteroatoms.